The van der Waals surface area contributed by atoms with Crippen LogP contribution in [0.25, 0.3) is 0 Å². The van der Waals surface area contributed by atoms with Gasteiger partial charge in [-0.05, 0) is 20.3 Å². The minimum atomic E-state index is -0.128. The van der Waals surface area contributed by atoms with Gasteiger partial charge in [0.15, 0.2) is 0 Å². The maximum atomic E-state index is 11.3. The number of alkyl halides is 1. The highest BCUT2D eigenvalue weighted by molar-refractivity contribution is 9.10. The van der Waals surface area contributed by atoms with E-state index in [1.165, 1.54) is 19.3 Å². The molecule has 0 aliphatic rings. The number of esters is 1. The zero-order chi connectivity index (χ0) is 11.0. The summed E-state index contributed by atoms with van der Waals surface area (Å²) in [5.41, 5.74) is 0. The van der Waals surface area contributed by atoms with Crippen LogP contribution in [0.15, 0.2) is 0 Å². The van der Waals surface area contributed by atoms with Crippen LogP contribution < -0.4 is 0 Å². The average molecular weight is 265 g/mol. The van der Waals surface area contributed by atoms with Crippen LogP contribution >= 0.6 is 15.9 Å². The van der Waals surface area contributed by atoms with Crippen LogP contribution in [-0.4, -0.2) is 16.9 Å². The molecule has 0 N–H and O–H groups in total. The van der Waals surface area contributed by atoms with Crippen LogP contribution in [0.2, 0.25) is 0 Å². The van der Waals surface area contributed by atoms with Crippen molar-refractivity contribution in [3.63, 3.8) is 0 Å². The van der Waals surface area contributed by atoms with Crippen molar-refractivity contribution in [2.24, 2.45) is 0 Å². The van der Waals surface area contributed by atoms with E-state index >= 15 is 0 Å². The van der Waals surface area contributed by atoms with Crippen LogP contribution in [0.3, 0.4) is 0 Å². The molecule has 0 aromatic rings. The highest BCUT2D eigenvalue weighted by atomic mass is 79.9. The van der Waals surface area contributed by atoms with Crippen molar-refractivity contribution in [1.82, 2.24) is 0 Å². The van der Waals surface area contributed by atoms with E-state index < -0.39 is 0 Å². The first kappa shape index (κ1) is 13.9. The lowest BCUT2D eigenvalue weighted by Gasteiger charge is -2.12. The summed E-state index contributed by atoms with van der Waals surface area (Å²) in [4.78, 5) is 11.2. The summed E-state index contributed by atoms with van der Waals surface area (Å²) in [6.45, 7) is 5.92. The van der Waals surface area contributed by atoms with Gasteiger partial charge < -0.3 is 4.74 Å². The third kappa shape index (κ3) is 7.36. The van der Waals surface area contributed by atoms with Crippen LogP contribution in [0.5, 0.6) is 0 Å². The molecule has 2 nitrogen and oxygen atoms in total. The Balaban J connectivity index is 3.52. The molecule has 14 heavy (non-hydrogen) atoms. The van der Waals surface area contributed by atoms with Crippen molar-refractivity contribution >= 4 is 21.9 Å². The van der Waals surface area contributed by atoms with E-state index in [0.717, 1.165) is 12.8 Å². The fraction of sp³-hybridized carbons (Fsp3) is 0.909. The molecule has 0 bridgehead atoms. The summed E-state index contributed by atoms with van der Waals surface area (Å²) in [5, 5.41) is 0. The molecule has 0 fully saturated rings. The fourth-order valence-electron chi connectivity index (χ4n) is 1.17. The lowest BCUT2D eigenvalue weighted by Crippen LogP contribution is -2.21. The van der Waals surface area contributed by atoms with Crippen molar-refractivity contribution in [3.05, 3.63) is 0 Å². The van der Waals surface area contributed by atoms with Gasteiger partial charge >= 0.3 is 5.97 Å². The molecule has 0 aromatic heterocycles. The first-order valence-corrected chi connectivity index (χ1v) is 6.34. The number of halogens is 1. The first-order chi connectivity index (χ1) is 6.57. The predicted octanol–water partition coefficient (Wildman–Crippen LogP) is 3.67. The molecular weight excluding hydrogens is 244 g/mol. The van der Waals surface area contributed by atoms with E-state index in [2.05, 4.69) is 22.9 Å². The zero-order valence-corrected chi connectivity index (χ0v) is 11.0. The van der Waals surface area contributed by atoms with Gasteiger partial charge in [-0.15, -0.1) is 0 Å². The van der Waals surface area contributed by atoms with Gasteiger partial charge in [-0.3, -0.25) is 4.79 Å². The smallest absolute Gasteiger partial charge is 0.319 e. The molecule has 0 spiro atoms. The number of carbonyl (C=O) groups excluding carboxylic acids is 1. The summed E-state index contributed by atoms with van der Waals surface area (Å²) in [7, 11) is 0. The van der Waals surface area contributed by atoms with Crippen molar-refractivity contribution in [3.8, 4) is 0 Å². The van der Waals surface area contributed by atoms with Crippen LogP contribution in [0, 0.1) is 0 Å². The van der Waals surface area contributed by atoms with Gasteiger partial charge in [0.25, 0.3) is 0 Å². The number of rotatable bonds is 7. The Morgan fingerprint density at radius 3 is 2.43 bits per heavy atom. The summed E-state index contributed by atoms with van der Waals surface area (Å²) < 4.78 is 5.08. The molecule has 0 amide bonds. The van der Waals surface area contributed by atoms with E-state index in [4.69, 9.17) is 4.74 Å². The Hall–Kier alpha value is -0.0500. The molecule has 0 radical (unpaired) electrons. The number of carbonyl (C=O) groups is 1. The summed E-state index contributed by atoms with van der Waals surface area (Å²) in [6, 6.07) is 0. The minimum absolute atomic E-state index is 0.0156. The lowest BCUT2D eigenvalue weighted by atomic mass is 10.1. The van der Waals surface area contributed by atoms with E-state index in [1.54, 1.807) is 0 Å². The molecule has 0 unspecified atom stereocenters. The Morgan fingerprint density at radius 2 is 1.93 bits per heavy atom. The molecular formula is C11H21BrO2. The number of ether oxygens (including phenoxy) is 1. The van der Waals surface area contributed by atoms with Crippen molar-refractivity contribution in [2.75, 3.05) is 0 Å². The molecule has 84 valence electrons. The lowest BCUT2D eigenvalue weighted by molar-refractivity contribution is -0.146. The van der Waals surface area contributed by atoms with Gasteiger partial charge in [0.2, 0.25) is 0 Å². The highest BCUT2D eigenvalue weighted by Gasteiger charge is 2.16. The topological polar surface area (TPSA) is 26.3 Å². The van der Waals surface area contributed by atoms with Crippen LogP contribution in [-0.2, 0) is 9.53 Å². The normalized spacial score (nSPS) is 12.9. The summed E-state index contributed by atoms with van der Waals surface area (Å²) in [6.07, 6.45) is 5.64. The number of hydrogen-bond acceptors (Lipinski definition) is 2. The van der Waals surface area contributed by atoms with E-state index in [-0.39, 0.29) is 16.9 Å². The second kappa shape index (κ2) is 8.27. The molecule has 0 rings (SSSR count). The second-order valence-electron chi connectivity index (χ2n) is 3.80. The van der Waals surface area contributed by atoms with Crippen LogP contribution in [0.4, 0.5) is 0 Å². The molecule has 1 atom stereocenters. The molecule has 0 saturated heterocycles. The van der Waals surface area contributed by atoms with Crippen LogP contribution in [0.1, 0.15) is 52.9 Å². The third-order valence-corrected chi connectivity index (χ3v) is 2.75. The quantitative estimate of drug-likeness (QED) is 0.399. The number of unbranched alkanes of at least 4 members (excludes halogenated alkanes) is 3. The Bertz CT molecular complexity index is 157. The maximum Gasteiger partial charge on any atom is 0.319 e. The zero-order valence-electron chi connectivity index (χ0n) is 9.38. The first-order valence-electron chi connectivity index (χ1n) is 5.42. The van der Waals surface area contributed by atoms with Crippen molar-refractivity contribution in [1.29, 1.82) is 0 Å². The van der Waals surface area contributed by atoms with Gasteiger partial charge in [-0.25, -0.2) is 0 Å². The van der Waals surface area contributed by atoms with Gasteiger partial charge in [0.1, 0.15) is 4.83 Å². The molecule has 3 heteroatoms. The Kier molecular flexibility index (Phi) is 8.24. The average Bonchev–Trinajstić information content (AvgIpc) is 2.11. The fourth-order valence-corrected chi connectivity index (χ4v) is 1.61. The molecule has 0 aromatic carbocycles. The van der Waals surface area contributed by atoms with Crippen molar-refractivity contribution in [2.45, 2.75) is 63.8 Å². The number of hydrogen-bond donors (Lipinski definition) is 0. The van der Waals surface area contributed by atoms with Gasteiger partial charge in [0, 0.05) is 0 Å². The van der Waals surface area contributed by atoms with Gasteiger partial charge in [0.05, 0.1) is 6.10 Å². The van der Waals surface area contributed by atoms with Gasteiger partial charge in [-0.2, -0.15) is 0 Å². The second-order valence-corrected chi connectivity index (χ2v) is 4.91. The van der Waals surface area contributed by atoms with E-state index in [1.807, 2.05) is 13.8 Å². The maximum absolute atomic E-state index is 11.3. The Labute approximate surface area is 95.5 Å². The van der Waals surface area contributed by atoms with Gasteiger partial charge in [-0.1, -0.05) is 48.5 Å². The molecule has 0 aliphatic heterocycles. The van der Waals surface area contributed by atoms with E-state index in [9.17, 15) is 4.79 Å². The monoisotopic (exact) mass is 264 g/mol. The standard InChI is InChI=1S/C11H21BrO2/c1-4-5-6-7-8-10(12)11(13)14-9(2)3/h9-10H,4-8H2,1-3H3/t10-/m1/s1. The SMILES string of the molecule is CCCCCC[C@@H](Br)C(=O)OC(C)C. The predicted molar refractivity (Wildman–Crippen MR) is 62.7 cm³/mol. The molecule has 0 saturated carbocycles. The third-order valence-electron chi connectivity index (χ3n) is 1.92. The Morgan fingerprint density at radius 1 is 1.29 bits per heavy atom. The molecule has 0 heterocycles. The largest absolute Gasteiger partial charge is 0.462 e. The summed E-state index contributed by atoms with van der Waals surface area (Å²) >= 11 is 3.35. The van der Waals surface area contributed by atoms with Crippen molar-refractivity contribution < 1.29 is 9.53 Å². The highest BCUT2D eigenvalue weighted by Crippen LogP contribution is 2.14. The van der Waals surface area contributed by atoms with E-state index in [0.29, 0.717) is 0 Å². The molecule has 0 aliphatic carbocycles. The summed E-state index contributed by atoms with van der Waals surface area (Å²) in [5.74, 6) is -0.128. The minimum Gasteiger partial charge on any atom is -0.462 e.